The summed E-state index contributed by atoms with van der Waals surface area (Å²) < 4.78 is 5.35. The average molecular weight is 326 g/mol. The van der Waals surface area contributed by atoms with Crippen LogP contribution in [0.1, 0.15) is 5.76 Å². The summed E-state index contributed by atoms with van der Waals surface area (Å²) in [7, 11) is 0. The van der Waals surface area contributed by atoms with Crippen molar-refractivity contribution in [1.82, 2.24) is 10.2 Å². The fourth-order valence-electron chi connectivity index (χ4n) is 1.51. The standard InChI is InChI=1S/C12H10N2O5S2/c15-9(13-5-10(16)17)6-14-11(18)8(21-12(14)20)4-7-2-1-3-19-7/h1-4H,5-6H2,(H,13,15)(H,16,17)/b8-4-. The molecule has 1 aromatic heterocycles. The SMILES string of the molecule is O=C(O)CNC(=O)CN1C(=O)/C(=C/c2ccco2)SC1=S. The van der Waals surface area contributed by atoms with Crippen LogP contribution in [0.4, 0.5) is 0 Å². The van der Waals surface area contributed by atoms with Gasteiger partial charge in [-0.3, -0.25) is 19.3 Å². The number of carbonyl (C=O) groups excluding carboxylic acids is 2. The van der Waals surface area contributed by atoms with E-state index in [1.807, 2.05) is 0 Å². The number of nitrogens with one attached hydrogen (secondary N) is 1. The van der Waals surface area contributed by atoms with Crippen LogP contribution in [0, 0.1) is 0 Å². The van der Waals surface area contributed by atoms with E-state index >= 15 is 0 Å². The smallest absolute Gasteiger partial charge is 0.322 e. The first-order valence-electron chi connectivity index (χ1n) is 5.74. The van der Waals surface area contributed by atoms with Crippen molar-refractivity contribution in [2.24, 2.45) is 0 Å². The highest BCUT2D eigenvalue weighted by molar-refractivity contribution is 8.26. The van der Waals surface area contributed by atoms with Crippen LogP contribution in [0.3, 0.4) is 0 Å². The van der Waals surface area contributed by atoms with E-state index in [1.165, 1.54) is 12.3 Å². The molecule has 2 rings (SSSR count). The van der Waals surface area contributed by atoms with E-state index < -0.39 is 24.3 Å². The molecule has 2 heterocycles. The molecule has 1 aliphatic heterocycles. The first-order chi connectivity index (χ1) is 9.97. The Hall–Kier alpha value is -2.13. The Bertz CT molecular complexity index is 624. The average Bonchev–Trinajstić information content (AvgIpc) is 3.01. The number of hydrogen-bond donors (Lipinski definition) is 2. The first-order valence-corrected chi connectivity index (χ1v) is 6.97. The van der Waals surface area contributed by atoms with Crippen LogP contribution < -0.4 is 5.32 Å². The Kier molecular flexibility index (Phi) is 4.76. The number of thioether (sulfide) groups is 1. The van der Waals surface area contributed by atoms with Crippen molar-refractivity contribution in [1.29, 1.82) is 0 Å². The molecule has 0 spiro atoms. The highest BCUT2D eigenvalue weighted by Crippen LogP contribution is 2.32. The summed E-state index contributed by atoms with van der Waals surface area (Å²) >= 11 is 6.10. The molecule has 0 bridgehead atoms. The zero-order valence-corrected chi connectivity index (χ0v) is 12.2. The fourth-order valence-corrected chi connectivity index (χ4v) is 2.75. The summed E-state index contributed by atoms with van der Waals surface area (Å²) in [4.78, 5) is 35.5. The third-order valence-corrected chi connectivity index (χ3v) is 3.81. The molecule has 1 aromatic rings. The molecule has 0 atom stereocenters. The molecular weight excluding hydrogens is 316 g/mol. The normalized spacial score (nSPS) is 16.6. The predicted molar refractivity (Wildman–Crippen MR) is 79.2 cm³/mol. The molecule has 0 unspecified atom stereocenters. The van der Waals surface area contributed by atoms with Crippen LogP contribution in [-0.2, 0) is 14.4 Å². The second-order valence-electron chi connectivity index (χ2n) is 3.95. The molecule has 0 aliphatic carbocycles. The van der Waals surface area contributed by atoms with E-state index in [1.54, 1.807) is 12.1 Å². The summed E-state index contributed by atoms with van der Waals surface area (Å²) in [5.41, 5.74) is 0. The number of carbonyl (C=O) groups is 3. The fraction of sp³-hybridized carbons (Fsp3) is 0.167. The van der Waals surface area contributed by atoms with Crippen LogP contribution in [0.25, 0.3) is 6.08 Å². The van der Waals surface area contributed by atoms with Crippen LogP contribution in [0.2, 0.25) is 0 Å². The van der Waals surface area contributed by atoms with Gasteiger partial charge in [0.25, 0.3) is 5.91 Å². The van der Waals surface area contributed by atoms with E-state index in [4.69, 9.17) is 21.7 Å². The lowest BCUT2D eigenvalue weighted by molar-refractivity contribution is -0.138. The lowest BCUT2D eigenvalue weighted by Gasteiger charge is -2.13. The van der Waals surface area contributed by atoms with Crippen molar-refractivity contribution in [2.75, 3.05) is 13.1 Å². The molecular formula is C12H10N2O5S2. The molecule has 7 nitrogen and oxygen atoms in total. The zero-order chi connectivity index (χ0) is 15.4. The summed E-state index contributed by atoms with van der Waals surface area (Å²) in [6.07, 6.45) is 3.01. The summed E-state index contributed by atoms with van der Waals surface area (Å²) in [5, 5.41) is 10.6. The molecule has 1 aliphatic rings. The van der Waals surface area contributed by atoms with E-state index in [-0.39, 0.29) is 10.9 Å². The Morgan fingerprint density at radius 1 is 1.52 bits per heavy atom. The number of carboxylic acid groups (broad SMARTS) is 1. The minimum atomic E-state index is -1.16. The van der Waals surface area contributed by atoms with Gasteiger partial charge in [-0.15, -0.1) is 0 Å². The Morgan fingerprint density at radius 2 is 2.29 bits per heavy atom. The van der Waals surface area contributed by atoms with Crippen LogP contribution in [-0.4, -0.2) is 45.2 Å². The maximum absolute atomic E-state index is 12.1. The van der Waals surface area contributed by atoms with Crippen LogP contribution in [0.15, 0.2) is 27.7 Å². The predicted octanol–water partition coefficient (Wildman–Crippen LogP) is 0.682. The minimum Gasteiger partial charge on any atom is -0.480 e. The van der Waals surface area contributed by atoms with E-state index in [9.17, 15) is 14.4 Å². The van der Waals surface area contributed by atoms with Gasteiger partial charge in [0.05, 0.1) is 11.2 Å². The topological polar surface area (TPSA) is 99.9 Å². The number of nitrogens with zero attached hydrogens (tertiary/aromatic N) is 1. The number of thiocarbonyl (C=S) groups is 1. The minimum absolute atomic E-state index is 0.239. The number of aliphatic carboxylic acids is 1. The lowest BCUT2D eigenvalue weighted by atomic mass is 10.3. The monoisotopic (exact) mass is 326 g/mol. The number of furan rings is 1. The molecule has 0 radical (unpaired) electrons. The van der Waals surface area contributed by atoms with E-state index in [0.717, 1.165) is 16.7 Å². The maximum atomic E-state index is 12.1. The lowest BCUT2D eigenvalue weighted by Crippen LogP contribution is -2.41. The number of amides is 2. The molecule has 1 fully saturated rings. The van der Waals surface area contributed by atoms with Gasteiger partial charge in [-0.25, -0.2) is 0 Å². The van der Waals surface area contributed by atoms with Gasteiger partial charge in [0.1, 0.15) is 23.2 Å². The third kappa shape index (κ3) is 3.92. The van der Waals surface area contributed by atoms with Crippen molar-refractivity contribution in [2.45, 2.75) is 0 Å². The zero-order valence-electron chi connectivity index (χ0n) is 10.6. The van der Waals surface area contributed by atoms with Gasteiger partial charge in [0, 0.05) is 6.08 Å². The van der Waals surface area contributed by atoms with Crippen LogP contribution >= 0.6 is 24.0 Å². The third-order valence-electron chi connectivity index (χ3n) is 2.43. The van der Waals surface area contributed by atoms with Crippen molar-refractivity contribution < 1.29 is 23.9 Å². The summed E-state index contributed by atoms with van der Waals surface area (Å²) in [5.74, 6) is -1.66. The maximum Gasteiger partial charge on any atom is 0.322 e. The molecule has 1 saturated heterocycles. The Labute approximate surface area is 129 Å². The van der Waals surface area contributed by atoms with Gasteiger partial charge >= 0.3 is 5.97 Å². The molecule has 9 heteroatoms. The molecule has 2 amide bonds. The molecule has 0 saturated carbocycles. The first kappa shape index (κ1) is 15.3. The van der Waals surface area contributed by atoms with Gasteiger partial charge in [0.15, 0.2) is 0 Å². The van der Waals surface area contributed by atoms with Crippen LogP contribution in [0.5, 0.6) is 0 Å². The highest BCUT2D eigenvalue weighted by Gasteiger charge is 2.33. The van der Waals surface area contributed by atoms with Gasteiger partial charge in [-0.1, -0.05) is 24.0 Å². The highest BCUT2D eigenvalue weighted by atomic mass is 32.2. The second kappa shape index (κ2) is 6.55. The summed E-state index contributed by atoms with van der Waals surface area (Å²) in [6, 6.07) is 3.37. The van der Waals surface area contributed by atoms with Crippen molar-refractivity contribution in [3.8, 4) is 0 Å². The Balaban J connectivity index is 2.02. The van der Waals surface area contributed by atoms with Gasteiger partial charge in [0.2, 0.25) is 5.91 Å². The molecule has 110 valence electrons. The van der Waals surface area contributed by atoms with Crippen molar-refractivity contribution >= 4 is 52.2 Å². The van der Waals surface area contributed by atoms with E-state index in [2.05, 4.69) is 5.32 Å². The van der Waals surface area contributed by atoms with Crippen molar-refractivity contribution in [3.05, 3.63) is 29.1 Å². The molecule has 2 N–H and O–H groups in total. The molecule has 0 aromatic carbocycles. The number of carboxylic acids is 1. The van der Waals surface area contributed by atoms with Crippen molar-refractivity contribution in [3.63, 3.8) is 0 Å². The second-order valence-corrected chi connectivity index (χ2v) is 5.63. The number of hydrogen-bond acceptors (Lipinski definition) is 6. The largest absolute Gasteiger partial charge is 0.480 e. The van der Waals surface area contributed by atoms with E-state index in [0.29, 0.717) is 10.7 Å². The Morgan fingerprint density at radius 3 is 2.90 bits per heavy atom. The quantitative estimate of drug-likeness (QED) is 0.606. The van der Waals surface area contributed by atoms with Gasteiger partial charge in [-0.05, 0) is 12.1 Å². The van der Waals surface area contributed by atoms with Gasteiger partial charge in [-0.2, -0.15) is 0 Å². The van der Waals surface area contributed by atoms with Gasteiger partial charge < -0.3 is 14.8 Å². The summed E-state index contributed by atoms with van der Waals surface area (Å²) in [6.45, 7) is -0.816. The molecule has 21 heavy (non-hydrogen) atoms. The number of rotatable bonds is 5.